The number of halogens is 2. The van der Waals surface area contributed by atoms with Crippen molar-refractivity contribution >= 4 is 34.2 Å². The van der Waals surface area contributed by atoms with E-state index in [0.29, 0.717) is 10.0 Å². The zero-order valence-electron chi connectivity index (χ0n) is 12.1. The Morgan fingerprint density at radius 3 is 2.32 bits per heavy atom. The van der Waals surface area contributed by atoms with Crippen LogP contribution < -0.4 is 5.32 Å². The molecule has 114 valence electrons. The Morgan fingerprint density at radius 1 is 1.05 bits per heavy atom. The second kappa shape index (κ2) is 6.65. The van der Waals surface area contributed by atoms with E-state index in [4.69, 9.17) is 23.2 Å². The Bertz CT molecular complexity index is 752. The molecule has 0 saturated heterocycles. The molecule has 0 bridgehead atoms. The van der Waals surface area contributed by atoms with Crippen molar-refractivity contribution in [1.29, 1.82) is 0 Å². The Kier molecular flexibility index (Phi) is 4.62. The van der Waals surface area contributed by atoms with E-state index in [1.165, 1.54) is 0 Å². The summed E-state index contributed by atoms with van der Waals surface area (Å²) in [6, 6.07) is 13.5. The molecule has 22 heavy (non-hydrogen) atoms. The molecule has 3 aromatic rings. The number of nitrogens with zero attached hydrogens (tertiary/aromatic N) is 3. The normalized spacial score (nSPS) is 12.7. The molecule has 0 aliphatic heterocycles. The Hall–Kier alpha value is -1.62. The average molecular weight is 335 g/mol. The number of aromatic nitrogens is 3. The molecule has 0 saturated carbocycles. The highest BCUT2D eigenvalue weighted by Gasteiger charge is 2.17. The summed E-state index contributed by atoms with van der Waals surface area (Å²) in [4.78, 5) is 1.77. The molecular weight excluding hydrogens is 319 g/mol. The third-order valence-electron chi connectivity index (χ3n) is 3.58. The maximum atomic E-state index is 6.16. The van der Waals surface area contributed by atoms with E-state index in [1.54, 1.807) is 4.80 Å². The van der Waals surface area contributed by atoms with Crippen LogP contribution in [0.1, 0.15) is 18.0 Å². The van der Waals surface area contributed by atoms with Gasteiger partial charge in [-0.2, -0.15) is 15.0 Å². The van der Waals surface area contributed by atoms with Crippen molar-refractivity contribution in [2.24, 2.45) is 0 Å². The van der Waals surface area contributed by atoms with Crippen LogP contribution in [-0.4, -0.2) is 28.6 Å². The average Bonchev–Trinajstić information content (AvgIpc) is 2.94. The smallest absolute Gasteiger partial charge is 0.113 e. The van der Waals surface area contributed by atoms with Crippen LogP contribution in [0.3, 0.4) is 0 Å². The van der Waals surface area contributed by atoms with Gasteiger partial charge in [-0.25, -0.2) is 0 Å². The van der Waals surface area contributed by atoms with Crippen LogP contribution in [0.4, 0.5) is 0 Å². The lowest BCUT2D eigenvalue weighted by Gasteiger charge is -2.17. The standard InChI is InChI=1S/C16H16Cl2N4/c1-19-9-8-16(11-6-7-12(17)13(18)10-11)22-20-14-4-2-3-5-15(14)21-22/h2-7,10,16,19H,8-9H2,1H3. The first-order chi connectivity index (χ1) is 10.7. The highest BCUT2D eigenvalue weighted by atomic mass is 35.5. The van der Waals surface area contributed by atoms with Gasteiger partial charge < -0.3 is 5.32 Å². The van der Waals surface area contributed by atoms with Crippen molar-refractivity contribution in [3.05, 3.63) is 58.1 Å². The number of hydrogen-bond donors (Lipinski definition) is 1. The Labute approximate surface area is 139 Å². The fraction of sp³-hybridized carbons (Fsp3) is 0.250. The molecule has 0 spiro atoms. The van der Waals surface area contributed by atoms with Gasteiger partial charge in [0.1, 0.15) is 11.0 Å². The first-order valence-corrected chi connectivity index (χ1v) is 7.86. The van der Waals surface area contributed by atoms with Crippen molar-refractivity contribution in [3.8, 4) is 0 Å². The van der Waals surface area contributed by atoms with Gasteiger partial charge in [-0.1, -0.05) is 41.4 Å². The fourth-order valence-corrected chi connectivity index (χ4v) is 2.74. The molecule has 1 atom stereocenters. The van der Waals surface area contributed by atoms with Crippen molar-refractivity contribution in [1.82, 2.24) is 20.3 Å². The largest absolute Gasteiger partial charge is 0.320 e. The summed E-state index contributed by atoms with van der Waals surface area (Å²) >= 11 is 12.2. The first-order valence-electron chi connectivity index (χ1n) is 7.10. The van der Waals surface area contributed by atoms with Gasteiger partial charge in [0.15, 0.2) is 0 Å². The van der Waals surface area contributed by atoms with Crippen LogP contribution in [-0.2, 0) is 0 Å². The lowest BCUT2D eigenvalue weighted by molar-refractivity contribution is 0.435. The molecule has 0 aliphatic rings. The summed E-state index contributed by atoms with van der Waals surface area (Å²) < 4.78 is 0. The van der Waals surface area contributed by atoms with E-state index in [2.05, 4.69) is 15.5 Å². The van der Waals surface area contributed by atoms with Crippen LogP contribution in [0.2, 0.25) is 10.0 Å². The van der Waals surface area contributed by atoms with Gasteiger partial charge in [-0.05, 0) is 49.8 Å². The lowest BCUT2D eigenvalue weighted by Crippen LogP contribution is -2.19. The molecule has 0 amide bonds. The summed E-state index contributed by atoms with van der Waals surface area (Å²) in [6.07, 6.45) is 0.857. The molecule has 1 N–H and O–H groups in total. The number of benzene rings is 2. The number of hydrogen-bond acceptors (Lipinski definition) is 3. The number of nitrogens with one attached hydrogen (secondary N) is 1. The molecule has 1 aromatic heterocycles. The summed E-state index contributed by atoms with van der Waals surface area (Å²) in [5.74, 6) is 0. The molecule has 6 heteroatoms. The van der Waals surface area contributed by atoms with Crippen molar-refractivity contribution < 1.29 is 0 Å². The van der Waals surface area contributed by atoms with E-state index in [9.17, 15) is 0 Å². The molecule has 3 rings (SSSR count). The van der Waals surface area contributed by atoms with Gasteiger partial charge in [-0.3, -0.25) is 0 Å². The maximum absolute atomic E-state index is 6.16. The zero-order chi connectivity index (χ0) is 15.5. The summed E-state index contributed by atoms with van der Waals surface area (Å²) in [6.45, 7) is 0.850. The lowest BCUT2D eigenvalue weighted by atomic mass is 10.0. The van der Waals surface area contributed by atoms with Gasteiger partial charge in [0.05, 0.1) is 16.1 Å². The molecular formula is C16H16Cl2N4. The van der Waals surface area contributed by atoms with E-state index < -0.39 is 0 Å². The number of fused-ring (bicyclic) bond motifs is 1. The zero-order valence-corrected chi connectivity index (χ0v) is 13.6. The minimum Gasteiger partial charge on any atom is -0.320 e. The van der Waals surface area contributed by atoms with Crippen LogP contribution in [0, 0.1) is 0 Å². The summed E-state index contributed by atoms with van der Waals surface area (Å²) in [5, 5.41) is 13.5. The summed E-state index contributed by atoms with van der Waals surface area (Å²) in [5.41, 5.74) is 2.82. The molecule has 1 heterocycles. The number of rotatable bonds is 5. The topological polar surface area (TPSA) is 42.7 Å². The molecule has 2 aromatic carbocycles. The molecule has 4 nitrogen and oxygen atoms in total. The second-order valence-electron chi connectivity index (χ2n) is 5.09. The molecule has 0 radical (unpaired) electrons. The van der Waals surface area contributed by atoms with E-state index in [-0.39, 0.29) is 6.04 Å². The third-order valence-corrected chi connectivity index (χ3v) is 4.32. The molecule has 0 aliphatic carbocycles. The van der Waals surface area contributed by atoms with Gasteiger partial charge >= 0.3 is 0 Å². The van der Waals surface area contributed by atoms with E-state index >= 15 is 0 Å². The van der Waals surface area contributed by atoms with Crippen LogP contribution in [0.5, 0.6) is 0 Å². The van der Waals surface area contributed by atoms with Crippen LogP contribution >= 0.6 is 23.2 Å². The van der Waals surface area contributed by atoms with E-state index in [1.807, 2.05) is 49.5 Å². The third kappa shape index (κ3) is 3.09. The van der Waals surface area contributed by atoms with Crippen LogP contribution in [0.25, 0.3) is 11.0 Å². The monoisotopic (exact) mass is 334 g/mol. The minimum atomic E-state index is 0.00890. The predicted octanol–water partition coefficient (Wildman–Crippen LogP) is 3.94. The van der Waals surface area contributed by atoms with Gasteiger partial charge in [0.2, 0.25) is 0 Å². The van der Waals surface area contributed by atoms with E-state index in [0.717, 1.165) is 29.6 Å². The molecule has 0 fully saturated rings. The van der Waals surface area contributed by atoms with Crippen molar-refractivity contribution in [2.75, 3.05) is 13.6 Å². The fourth-order valence-electron chi connectivity index (χ4n) is 2.43. The minimum absolute atomic E-state index is 0.00890. The van der Waals surface area contributed by atoms with Gasteiger partial charge in [0.25, 0.3) is 0 Å². The second-order valence-corrected chi connectivity index (χ2v) is 5.91. The summed E-state index contributed by atoms with van der Waals surface area (Å²) in [7, 11) is 1.93. The first kappa shape index (κ1) is 15.3. The SMILES string of the molecule is CNCCC(c1ccc(Cl)c(Cl)c1)n1nc2ccccc2n1. The molecule has 1 unspecified atom stereocenters. The maximum Gasteiger partial charge on any atom is 0.113 e. The van der Waals surface area contributed by atoms with Crippen molar-refractivity contribution in [2.45, 2.75) is 12.5 Å². The predicted molar refractivity (Wildman–Crippen MR) is 90.7 cm³/mol. The highest BCUT2D eigenvalue weighted by molar-refractivity contribution is 6.42. The Morgan fingerprint density at radius 2 is 1.73 bits per heavy atom. The van der Waals surface area contributed by atoms with Crippen LogP contribution in [0.15, 0.2) is 42.5 Å². The van der Waals surface area contributed by atoms with Gasteiger partial charge in [0, 0.05) is 0 Å². The van der Waals surface area contributed by atoms with Gasteiger partial charge in [-0.15, -0.1) is 0 Å². The highest BCUT2D eigenvalue weighted by Crippen LogP contribution is 2.28. The van der Waals surface area contributed by atoms with Crippen molar-refractivity contribution in [3.63, 3.8) is 0 Å². The Balaban J connectivity index is 2.02. The quantitative estimate of drug-likeness (QED) is 0.768.